The van der Waals surface area contributed by atoms with Gasteiger partial charge in [-0.2, -0.15) is 0 Å². The highest BCUT2D eigenvalue weighted by molar-refractivity contribution is 9.11. The van der Waals surface area contributed by atoms with E-state index in [1.165, 1.54) is 0 Å². The Labute approximate surface area is 129 Å². The number of halogens is 2. The van der Waals surface area contributed by atoms with E-state index >= 15 is 0 Å². The summed E-state index contributed by atoms with van der Waals surface area (Å²) in [6.45, 7) is 0. The molecule has 0 aliphatic carbocycles. The van der Waals surface area contributed by atoms with Crippen LogP contribution in [-0.4, -0.2) is 11.2 Å². The van der Waals surface area contributed by atoms with Gasteiger partial charge in [0, 0.05) is 15.4 Å². The summed E-state index contributed by atoms with van der Waals surface area (Å²) in [4.78, 5) is 0. The van der Waals surface area contributed by atoms with Crippen LogP contribution in [0.15, 0.2) is 57.5 Å². The predicted molar refractivity (Wildman–Crippen MR) is 84.9 cm³/mol. The van der Waals surface area contributed by atoms with Crippen LogP contribution in [0, 0.1) is 0 Å². The van der Waals surface area contributed by atoms with Crippen molar-refractivity contribution >= 4 is 31.9 Å². The summed E-state index contributed by atoms with van der Waals surface area (Å²) in [7, 11) is 0. The van der Waals surface area contributed by atoms with Crippen molar-refractivity contribution in [2.75, 3.05) is 0 Å². The molecule has 0 radical (unpaired) electrons. The minimum absolute atomic E-state index is 0.424. The van der Waals surface area contributed by atoms with Gasteiger partial charge in [-0.05, 0) is 29.3 Å². The van der Waals surface area contributed by atoms with E-state index in [2.05, 4.69) is 31.9 Å². The van der Waals surface area contributed by atoms with Crippen LogP contribution in [0.25, 0.3) is 0 Å². The van der Waals surface area contributed by atoms with Crippen LogP contribution < -0.4 is 5.73 Å². The Kier molecular flexibility index (Phi) is 5.16. The Bertz CT molecular complexity index is 545. The van der Waals surface area contributed by atoms with E-state index in [0.717, 1.165) is 20.1 Å². The van der Waals surface area contributed by atoms with E-state index < -0.39 is 12.1 Å². The lowest BCUT2D eigenvalue weighted by Gasteiger charge is -2.20. The maximum absolute atomic E-state index is 10.3. The average Bonchev–Trinajstić information content (AvgIpc) is 2.42. The van der Waals surface area contributed by atoms with Crippen LogP contribution in [0.4, 0.5) is 0 Å². The van der Waals surface area contributed by atoms with E-state index in [9.17, 15) is 5.11 Å². The van der Waals surface area contributed by atoms with Crippen LogP contribution >= 0.6 is 31.9 Å². The molecule has 0 bridgehead atoms. The first kappa shape index (κ1) is 14.7. The Morgan fingerprint density at radius 3 is 2.42 bits per heavy atom. The van der Waals surface area contributed by atoms with Crippen LogP contribution in [0.3, 0.4) is 0 Å². The molecule has 0 amide bonds. The van der Waals surface area contributed by atoms with Crippen molar-refractivity contribution < 1.29 is 5.11 Å². The van der Waals surface area contributed by atoms with Crippen LogP contribution in [0.5, 0.6) is 0 Å². The SMILES string of the molecule is N[C@@H](c1cc(Br)ccc1Br)[C@H](O)Cc1ccccc1. The van der Waals surface area contributed by atoms with Crippen molar-refractivity contribution in [3.05, 3.63) is 68.6 Å². The van der Waals surface area contributed by atoms with Gasteiger partial charge in [-0.15, -0.1) is 0 Å². The standard InChI is InChI=1S/C15H15Br2NO/c16-11-6-7-13(17)12(9-11)15(18)14(19)8-10-4-2-1-3-5-10/h1-7,9,14-15,19H,8,18H2/t14-,15+/m1/s1. The minimum atomic E-state index is -0.618. The number of hydrogen-bond donors (Lipinski definition) is 2. The van der Waals surface area contributed by atoms with Gasteiger partial charge in [-0.1, -0.05) is 62.2 Å². The van der Waals surface area contributed by atoms with E-state index in [1.807, 2.05) is 48.5 Å². The Morgan fingerprint density at radius 2 is 1.74 bits per heavy atom. The van der Waals surface area contributed by atoms with Gasteiger partial charge in [0.1, 0.15) is 0 Å². The molecule has 2 aromatic rings. The molecule has 2 rings (SSSR count). The quantitative estimate of drug-likeness (QED) is 0.841. The molecule has 2 nitrogen and oxygen atoms in total. The third-order valence-corrected chi connectivity index (χ3v) is 4.23. The zero-order chi connectivity index (χ0) is 13.8. The maximum atomic E-state index is 10.3. The van der Waals surface area contributed by atoms with Gasteiger partial charge in [-0.3, -0.25) is 0 Å². The lowest BCUT2D eigenvalue weighted by Crippen LogP contribution is -2.28. The van der Waals surface area contributed by atoms with Gasteiger partial charge in [0.2, 0.25) is 0 Å². The van der Waals surface area contributed by atoms with Gasteiger partial charge in [-0.25, -0.2) is 0 Å². The number of hydrogen-bond acceptors (Lipinski definition) is 2. The zero-order valence-electron chi connectivity index (χ0n) is 10.3. The molecule has 0 saturated heterocycles. The van der Waals surface area contributed by atoms with Crippen molar-refractivity contribution in [3.63, 3.8) is 0 Å². The highest BCUT2D eigenvalue weighted by Crippen LogP contribution is 2.28. The summed E-state index contributed by atoms with van der Waals surface area (Å²) < 4.78 is 1.86. The smallest absolute Gasteiger partial charge is 0.0773 e. The summed E-state index contributed by atoms with van der Waals surface area (Å²) in [6, 6.07) is 15.2. The van der Waals surface area contributed by atoms with Crippen molar-refractivity contribution in [1.82, 2.24) is 0 Å². The Morgan fingerprint density at radius 1 is 1.05 bits per heavy atom. The maximum Gasteiger partial charge on any atom is 0.0773 e. The highest BCUT2D eigenvalue weighted by atomic mass is 79.9. The fourth-order valence-electron chi connectivity index (χ4n) is 1.96. The minimum Gasteiger partial charge on any atom is -0.391 e. The molecule has 0 heterocycles. The number of benzene rings is 2. The van der Waals surface area contributed by atoms with Gasteiger partial charge >= 0.3 is 0 Å². The van der Waals surface area contributed by atoms with Gasteiger partial charge in [0.15, 0.2) is 0 Å². The summed E-state index contributed by atoms with van der Waals surface area (Å²) in [5.41, 5.74) is 8.14. The molecule has 2 aromatic carbocycles. The highest BCUT2D eigenvalue weighted by Gasteiger charge is 2.19. The molecule has 19 heavy (non-hydrogen) atoms. The first-order chi connectivity index (χ1) is 9.08. The van der Waals surface area contributed by atoms with Crippen molar-refractivity contribution in [2.45, 2.75) is 18.6 Å². The first-order valence-electron chi connectivity index (χ1n) is 6.00. The zero-order valence-corrected chi connectivity index (χ0v) is 13.4. The molecular formula is C15H15Br2NO. The third kappa shape index (κ3) is 3.89. The topological polar surface area (TPSA) is 46.2 Å². The van der Waals surface area contributed by atoms with Crippen molar-refractivity contribution in [1.29, 1.82) is 0 Å². The fourth-order valence-corrected chi connectivity index (χ4v) is 2.85. The Balaban J connectivity index is 2.14. The molecule has 4 heteroatoms. The fraction of sp³-hybridized carbons (Fsp3) is 0.200. The number of aliphatic hydroxyl groups is 1. The lowest BCUT2D eigenvalue weighted by molar-refractivity contribution is 0.145. The summed E-state index contributed by atoms with van der Waals surface area (Å²) in [5, 5.41) is 10.3. The molecule has 0 aliphatic heterocycles. The number of nitrogens with two attached hydrogens (primary N) is 1. The number of aliphatic hydroxyl groups excluding tert-OH is 1. The van der Waals surface area contributed by atoms with Gasteiger partial charge in [0.05, 0.1) is 12.1 Å². The third-order valence-electron chi connectivity index (χ3n) is 3.02. The van der Waals surface area contributed by atoms with Gasteiger partial charge < -0.3 is 10.8 Å². The molecule has 2 atom stereocenters. The van der Waals surface area contributed by atoms with E-state index in [1.54, 1.807) is 0 Å². The molecule has 0 saturated carbocycles. The molecule has 0 aromatic heterocycles. The summed E-state index contributed by atoms with van der Waals surface area (Å²) in [6.07, 6.45) is -0.0750. The average molecular weight is 385 g/mol. The normalized spacial score (nSPS) is 14.1. The largest absolute Gasteiger partial charge is 0.391 e. The predicted octanol–water partition coefficient (Wildman–Crippen LogP) is 3.82. The molecule has 0 unspecified atom stereocenters. The molecule has 0 spiro atoms. The monoisotopic (exact) mass is 383 g/mol. The van der Waals surface area contributed by atoms with Gasteiger partial charge in [0.25, 0.3) is 0 Å². The van der Waals surface area contributed by atoms with E-state index in [0.29, 0.717) is 6.42 Å². The van der Waals surface area contributed by atoms with Crippen LogP contribution in [0.2, 0.25) is 0 Å². The van der Waals surface area contributed by atoms with Crippen LogP contribution in [0.1, 0.15) is 17.2 Å². The molecule has 0 aliphatic rings. The first-order valence-corrected chi connectivity index (χ1v) is 7.59. The summed E-state index contributed by atoms with van der Waals surface area (Å²) in [5.74, 6) is 0. The molecular weight excluding hydrogens is 370 g/mol. The van der Waals surface area contributed by atoms with Crippen LogP contribution in [-0.2, 0) is 6.42 Å². The Hall–Kier alpha value is -0.680. The van der Waals surface area contributed by atoms with Crippen molar-refractivity contribution in [3.8, 4) is 0 Å². The molecule has 0 fully saturated rings. The second-order valence-electron chi connectivity index (χ2n) is 4.45. The second kappa shape index (κ2) is 6.66. The van der Waals surface area contributed by atoms with Crippen molar-refractivity contribution in [2.24, 2.45) is 5.73 Å². The number of rotatable bonds is 4. The summed E-state index contributed by atoms with van der Waals surface area (Å²) >= 11 is 6.90. The molecule has 100 valence electrons. The molecule has 3 N–H and O–H groups in total. The lowest BCUT2D eigenvalue weighted by atomic mass is 9.97. The van der Waals surface area contributed by atoms with E-state index in [-0.39, 0.29) is 0 Å². The second-order valence-corrected chi connectivity index (χ2v) is 6.22. The van der Waals surface area contributed by atoms with E-state index in [4.69, 9.17) is 5.73 Å².